The van der Waals surface area contributed by atoms with E-state index in [1.54, 1.807) is 0 Å². The smallest absolute Gasteiger partial charge is 0.303 e. The first-order chi connectivity index (χ1) is 5.04. The van der Waals surface area contributed by atoms with Crippen LogP contribution in [0.4, 0.5) is 0 Å². The van der Waals surface area contributed by atoms with Crippen LogP contribution < -0.4 is 0 Å². The zero-order valence-electron chi connectivity index (χ0n) is 7.29. The Morgan fingerprint density at radius 1 is 1.18 bits per heavy atom. The van der Waals surface area contributed by atoms with Crippen molar-refractivity contribution in [1.29, 1.82) is 0 Å². The molecule has 0 aliphatic carbocycles. The summed E-state index contributed by atoms with van der Waals surface area (Å²) in [4.78, 5) is 9.57. The van der Waals surface area contributed by atoms with Crippen LogP contribution in [0.5, 0.6) is 0 Å². The summed E-state index contributed by atoms with van der Waals surface area (Å²) >= 11 is 0. The van der Waals surface area contributed by atoms with Gasteiger partial charge in [0.05, 0.1) is 0 Å². The van der Waals surface area contributed by atoms with E-state index in [0.29, 0.717) is 0 Å². The van der Waals surface area contributed by atoms with Crippen molar-refractivity contribution >= 4 is 0 Å². The third kappa shape index (κ3) is 2.13. The van der Waals surface area contributed by atoms with E-state index in [2.05, 4.69) is 0 Å². The molecular weight excluding hydrogens is 148 g/mol. The largest absolute Gasteiger partial charge is 0.331 e. The quantitative estimate of drug-likeness (QED) is 0.544. The standard InChI is InChI=1S/C7H14O4/c1-7(2,3)5-9-6(8-4)11-10-5/h5-6H,1-4H3/t5-,6+/m1/s1. The lowest BCUT2D eigenvalue weighted by Gasteiger charge is -2.22. The van der Waals surface area contributed by atoms with E-state index >= 15 is 0 Å². The Kier molecular flexibility index (Phi) is 2.49. The summed E-state index contributed by atoms with van der Waals surface area (Å²) in [5.74, 6) is 0. The van der Waals surface area contributed by atoms with Gasteiger partial charge >= 0.3 is 6.48 Å². The van der Waals surface area contributed by atoms with Gasteiger partial charge in [0.15, 0.2) is 0 Å². The minimum atomic E-state index is -0.681. The Balaban J connectivity index is 2.42. The van der Waals surface area contributed by atoms with Gasteiger partial charge in [-0.15, -0.1) is 0 Å². The summed E-state index contributed by atoms with van der Waals surface area (Å²) in [6, 6.07) is 0. The highest BCUT2D eigenvalue weighted by molar-refractivity contribution is 4.66. The van der Waals surface area contributed by atoms with Crippen molar-refractivity contribution in [3.05, 3.63) is 0 Å². The molecule has 0 aromatic rings. The van der Waals surface area contributed by atoms with E-state index in [0.717, 1.165) is 0 Å². The van der Waals surface area contributed by atoms with Crippen LogP contribution in [-0.2, 0) is 19.2 Å². The second-order valence-corrected chi connectivity index (χ2v) is 3.55. The molecule has 0 aromatic heterocycles. The maximum absolute atomic E-state index is 5.21. The van der Waals surface area contributed by atoms with Crippen LogP contribution in [-0.4, -0.2) is 19.9 Å². The summed E-state index contributed by atoms with van der Waals surface area (Å²) in [6.45, 7) is 5.32. The lowest BCUT2D eigenvalue weighted by molar-refractivity contribution is -0.350. The van der Waals surface area contributed by atoms with E-state index in [-0.39, 0.29) is 11.7 Å². The molecular formula is C7H14O4. The van der Waals surface area contributed by atoms with Crippen molar-refractivity contribution in [3.8, 4) is 0 Å². The molecule has 0 saturated carbocycles. The molecule has 1 heterocycles. The Bertz CT molecular complexity index is 129. The highest BCUT2D eigenvalue weighted by Gasteiger charge is 2.36. The van der Waals surface area contributed by atoms with Crippen LogP contribution in [0, 0.1) is 5.41 Å². The molecule has 1 aliphatic heterocycles. The molecule has 4 heteroatoms. The summed E-state index contributed by atoms with van der Waals surface area (Å²) in [7, 11) is 1.50. The van der Waals surface area contributed by atoms with Crippen molar-refractivity contribution in [3.63, 3.8) is 0 Å². The minimum Gasteiger partial charge on any atom is -0.331 e. The molecule has 0 bridgehead atoms. The topological polar surface area (TPSA) is 36.9 Å². The van der Waals surface area contributed by atoms with Crippen molar-refractivity contribution in [2.24, 2.45) is 5.41 Å². The predicted molar refractivity (Wildman–Crippen MR) is 37.3 cm³/mol. The van der Waals surface area contributed by atoms with E-state index in [4.69, 9.17) is 19.2 Å². The Morgan fingerprint density at radius 2 is 1.82 bits per heavy atom. The van der Waals surface area contributed by atoms with E-state index in [1.807, 2.05) is 20.8 Å². The Labute approximate surface area is 66.3 Å². The van der Waals surface area contributed by atoms with Crippen molar-refractivity contribution < 1.29 is 19.2 Å². The molecule has 2 atom stereocenters. The first kappa shape index (κ1) is 8.93. The molecule has 1 aliphatic rings. The van der Waals surface area contributed by atoms with Crippen LogP contribution in [0.15, 0.2) is 0 Å². The fraction of sp³-hybridized carbons (Fsp3) is 1.00. The van der Waals surface area contributed by atoms with Crippen LogP contribution >= 0.6 is 0 Å². The minimum absolute atomic E-state index is 0.0900. The van der Waals surface area contributed by atoms with E-state index in [1.165, 1.54) is 7.11 Å². The fourth-order valence-corrected chi connectivity index (χ4v) is 0.685. The number of ether oxygens (including phenoxy) is 2. The molecule has 0 aromatic carbocycles. The van der Waals surface area contributed by atoms with Gasteiger partial charge in [-0.05, 0) is 0 Å². The van der Waals surface area contributed by atoms with Crippen molar-refractivity contribution in [1.82, 2.24) is 0 Å². The van der Waals surface area contributed by atoms with Gasteiger partial charge in [-0.25, -0.2) is 0 Å². The average molecular weight is 162 g/mol. The number of methoxy groups -OCH3 is 1. The third-order valence-electron chi connectivity index (χ3n) is 1.36. The van der Waals surface area contributed by atoms with Gasteiger partial charge in [-0.1, -0.05) is 20.8 Å². The molecule has 0 amide bonds. The van der Waals surface area contributed by atoms with Gasteiger partial charge in [0.25, 0.3) is 0 Å². The van der Waals surface area contributed by atoms with Crippen molar-refractivity contribution in [2.45, 2.75) is 33.5 Å². The monoisotopic (exact) mass is 162 g/mol. The molecule has 0 N–H and O–H groups in total. The molecule has 0 spiro atoms. The molecule has 1 rings (SSSR count). The lowest BCUT2D eigenvalue weighted by Crippen LogP contribution is -2.27. The first-order valence-electron chi connectivity index (χ1n) is 3.54. The Hall–Kier alpha value is -0.160. The molecule has 0 radical (unpaired) electrons. The van der Waals surface area contributed by atoms with Gasteiger partial charge < -0.3 is 4.74 Å². The molecule has 1 fully saturated rings. The number of hydrogen-bond donors (Lipinski definition) is 0. The molecule has 66 valence electrons. The van der Waals surface area contributed by atoms with Gasteiger partial charge in [0.1, 0.15) is 0 Å². The Morgan fingerprint density at radius 3 is 2.09 bits per heavy atom. The van der Waals surface area contributed by atoms with Gasteiger partial charge in [0.2, 0.25) is 6.29 Å². The zero-order chi connectivity index (χ0) is 8.48. The number of rotatable bonds is 1. The van der Waals surface area contributed by atoms with E-state index in [9.17, 15) is 0 Å². The van der Waals surface area contributed by atoms with Gasteiger partial charge in [0, 0.05) is 12.5 Å². The summed E-state index contributed by atoms with van der Waals surface area (Å²) in [5, 5.41) is 0. The first-order valence-corrected chi connectivity index (χ1v) is 3.54. The van der Waals surface area contributed by atoms with Crippen LogP contribution in [0.3, 0.4) is 0 Å². The van der Waals surface area contributed by atoms with Crippen molar-refractivity contribution in [2.75, 3.05) is 7.11 Å². The molecule has 4 nitrogen and oxygen atoms in total. The molecule has 11 heavy (non-hydrogen) atoms. The maximum Gasteiger partial charge on any atom is 0.303 e. The average Bonchev–Trinajstić information content (AvgIpc) is 2.32. The second-order valence-electron chi connectivity index (χ2n) is 3.55. The van der Waals surface area contributed by atoms with E-state index < -0.39 is 6.48 Å². The summed E-state index contributed by atoms with van der Waals surface area (Å²) < 4.78 is 9.98. The van der Waals surface area contributed by atoms with Crippen LogP contribution in [0.1, 0.15) is 20.8 Å². The molecule has 1 saturated heterocycles. The fourth-order valence-electron chi connectivity index (χ4n) is 0.685. The zero-order valence-corrected chi connectivity index (χ0v) is 7.29. The lowest BCUT2D eigenvalue weighted by atomic mass is 9.96. The predicted octanol–water partition coefficient (Wildman–Crippen LogP) is 1.27. The summed E-state index contributed by atoms with van der Waals surface area (Å²) in [5.41, 5.74) is -0.0900. The van der Waals surface area contributed by atoms with Gasteiger partial charge in [-0.3, -0.25) is 4.74 Å². The summed E-state index contributed by atoms with van der Waals surface area (Å²) in [6.07, 6.45) is -0.354. The normalized spacial score (nSPS) is 32.7. The van der Waals surface area contributed by atoms with Crippen LogP contribution in [0.25, 0.3) is 0 Å². The third-order valence-corrected chi connectivity index (χ3v) is 1.36. The highest BCUT2D eigenvalue weighted by Crippen LogP contribution is 2.29. The SMILES string of the molecule is CO[C@@H]1OO[C@H](C(C)(C)C)O1. The molecule has 0 unspecified atom stereocenters. The maximum atomic E-state index is 5.21. The van der Waals surface area contributed by atoms with Gasteiger partial charge in [-0.2, -0.15) is 9.78 Å². The van der Waals surface area contributed by atoms with Crippen LogP contribution in [0.2, 0.25) is 0 Å². The number of hydrogen-bond acceptors (Lipinski definition) is 4. The highest BCUT2D eigenvalue weighted by atomic mass is 17.3. The second kappa shape index (κ2) is 3.06.